The number of phenolic OH excluding ortho intramolecular Hbond substituents is 3. The lowest BCUT2D eigenvalue weighted by atomic mass is 9.60. The van der Waals surface area contributed by atoms with Gasteiger partial charge in [-0.15, -0.1) is 0 Å². The maximum absolute atomic E-state index is 10.7. The van der Waals surface area contributed by atoms with Crippen molar-refractivity contribution in [2.24, 2.45) is 5.92 Å². The molecule has 5 rings (SSSR count). The van der Waals surface area contributed by atoms with E-state index in [9.17, 15) is 15.3 Å². The Morgan fingerprint density at radius 3 is 2.14 bits per heavy atom. The maximum atomic E-state index is 10.7. The monoisotopic (exact) mass is 420 g/mol. The number of fused-ring (bicyclic) bond motifs is 4. The molecule has 3 N–H and O–H groups in total. The van der Waals surface area contributed by atoms with Crippen molar-refractivity contribution in [3.05, 3.63) is 45.4 Å². The van der Waals surface area contributed by atoms with E-state index in [4.69, 9.17) is 27.9 Å². The predicted molar refractivity (Wildman–Crippen MR) is 108 cm³/mol. The van der Waals surface area contributed by atoms with Gasteiger partial charge in [0.15, 0.2) is 0 Å². The molecule has 0 aromatic heterocycles. The summed E-state index contributed by atoms with van der Waals surface area (Å²) in [6.45, 7) is 0. The van der Waals surface area contributed by atoms with E-state index in [1.807, 2.05) is 6.07 Å². The summed E-state index contributed by atoms with van der Waals surface area (Å²) >= 11 is 12.5. The van der Waals surface area contributed by atoms with Crippen molar-refractivity contribution in [2.45, 2.75) is 56.0 Å². The van der Waals surface area contributed by atoms with Gasteiger partial charge in [-0.25, -0.2) is 0 Å². The standard InChI is InChI=1S/C22H22Cl2O4/c23-14-8-12(16(25)10-17(14)26)22-7-3-4-20(22)21(5-1-2-6-21)13-9-15(24)18(27)11-19(13)28-22/h8-11,20,25-27H,1-7H2. The summed E-state index contributed by atoms with van der Waals surface area (Å²) < 4.78 is 6.61. The molecule has 148 valence electrons. The lowest BCUT2D eigenvalue weighted by molar-refractivity contribution is -0.0365. The van der Waals surface area contributed by atoms with E-state index in [0.717, 1.165) is 50.5 Å². The van der Waals surface area contributed by atoms with Crippen molar-refractivity contribution >= 4 is 23.2 Å². The van der Waals surface area contributed by atoms with Gasteiger partial charge in [-0.05, 0) is 44.2 Å². The molecule has 2 aliphatic carbocycles. The molecule has 4 nitrogen and oxygen atoms in total. The lowest BCUT2D eigenvalue weighted by Gasteiger charge is -2.51. The van der Waals surface area contributed by atoms with Crippen LogP contribution in [0.4, 0.5) is 0 Å². The van der Waals surface area contributed by atoms with Gasteiger partial charge in [-0.3, -0.25) is 0 Å². The van der Waals surface area contributed by atoms with Crippen molar-refractivity contribution in [3.8, 4) is 23.0 Å². The van der Waals surface area contributed by atoms with Crippen LogP contribution in [0.3, 0.4) is 0 Å². The fraction of sp³-hybridized carbons (Fsp3) is 0.455. The van der Waals surface area contributed by atoms with Gasteiger partial charge in [0.05, 0.1) is 10.0 Å². The first-order valence-electron chi connectivity index (χ1n) is 9.81. The quantitative estimate of drug-likeness (QED) is 0.528. The molecule has 1 spiro atoms. The van der Waals surface area contributed by atoms with Crippen LogP contribution in [0, 0.1) is 5.92 Å². The van der Waals surface area contributed by atoms with E-state index in [2.05, 4.69) is 0 Å². The Hall–Kier alpha value is -1.78. The Morgan fingerprint density at radius 2 is 1.43 bits per heavy atom. The minimum absolute atomic E-state index is 0.00637. The van der Waals surface area contributed by atoms with Gasteiger partial charge in [0, 0.05) is 34.6 Å². The molecule has 2 fully saturated rings. The highest BCUT2D eigenvalue weighted by Gasteiger charge is 2.61. The van der Waals surface area contributed by atoms with Gasteiger partial charge in [0.1, 0.15) is 28.6 Å². The second-order valence-corrected chi connectivity index (χ2v) is 9.23. The van der Waals surface area contributed by atoms with Gasteiger partial charge in [-0.1, -0.05) is 36.0 Å². The highest BCUT2D eigenvalue weighted by molar-refractivity contribution is 6.32. The Labute approximate surface area is 173 Å². The molecule has 0 saturated heterocycles. The van der Waals surface area contributed by atoms with Crippen LogP contribution in [0.1, 0.15) is 56.1 Å². The topological polar surface area (TPSA) is 69.9 Å². The minimum atomic E-state index is -0.737. The molecule has 1 heterocycles. The van der Waals surface area contributed by atoms with Crippen molar-refractivity contribution in [1.82, 2.24) is 0 Å². The normalized spacial score (nSPS) is 27.4. The van der Waals surface area contributed by atoms with Crippen molar-refractivity contribution < 1.29 is 20.1 Å². The van der Waals surface area contributed by atoms with E-state index in [0.29, 0.717) is 16.3 Å². The lowest BCUT2D eigenvalue weighted by Crippen LogP contribution is -2.51. The smallest absolute Gasteiger partial charge is 0.141 e. The zero-order valence-corrected chi connectivity index (χ0v) is 16.9. The minimum Gasteiger partial charge on any atom is -0.507 e. The zero-order valence-electron chi connectivity index (χ0n) is 15.3. The molecule has 2 aromatic rings. The SMILES string of the molecule is Oc1cc2c(cc1Cl)C1(CCCC1)C1CCCC1(c1cc(Cl)c(O)cc1O)O2. The van der Waals surface area contributed by atoms with Crippen LogP contribution >= 0.6 is 23.2 Å². The van der Waals surface area contributed by atoms with Gasteiger partial charge in [-0.2, -0.15) is 0 Å². The van der Waals surface area contributed by atoms with E-state index >= 15 is 0 Å². The fourth-order valence-electron chi connectivity index (χ4n) is 6.11. The van der Waals surface area contributed by atoms with E-state index in [1.54, 1.807) is 12.1 Å². The average Bonchev–Trinajstić information content (AvgIpc) is 3.29. The molecule has 0 amide bonds. The van der Waals surface area contributed by atoms with Crippen LogP contribution in [-0.2, 0) is 11.0 Å². The van der Waals surface area contributed by atoms with Crippen LogP contribution in [0.15, 0.2) is 24.3 Å². The van der Waals surface area contributed by atoms with Gasteiger partial charge < -0.3 is 20.1 Å². The van der Waals surface area contributed by atoms with Gasteiger partial charge >= 0.3 is 0 Å². The predicted octanol–water partition coefficient (Wildman–Crippen LogP) is 6.01. The van der Waals surface area contributed by atoms with Gasteiger partial charge in [0.25, 0.3) is 0 Å². The molecule has 2 atom stereocenters. The van der Waals surface area contributed by atoms with Crippen molar-refractivity contribution in [3.63, 3.8) is 0 Å². The maximum Gasteiger partial charge on any atom is 0.141 e. The molecule has 1 aliphatic heterocycles. The van der Waals surface area contributed by atoms with Crippen LogP contribution in [0.5, 0.6) is 23.0 Å². The van der Waals surface area contributed by atoms with E-state index in [1.165, 1.54) is 6.07 Å². The number of benzene rings is 2. The van der Waals surface area contributed by atoms with Crippen LogP contribution in [-0.4, -0.2) is 15.3 Å². The average molecular weight is 421 g/mol. The van der Waals surface area contributed by atoms with Crippen LogP contribution in [0.2, 0.25) is 10.0 Å². The molecule has 2 saturated carbocycles. The number of hydrogen-bond acceptors (Lipinski definition) is 4. The summed E-state index contributed by atoms with van der Waals surface area (Å²) in [5.41, 5.74) is 0.848. The molecular weight excluding hydrogens is 399 g/mol. The number of halogens is 2. The molecular formula is C22H22Cl2O4. The third kappa shape index (κ3) is 2.31. The summed E-state index contributed by atoms with van der Waals surface area (Å²) in [4.78, 5) is 0. The third-order valence-corrected chi connectivity index (χ3v) is 7.77. The molecule has 28 heavy (non-hydrogen) atoms. The number of phenols is 3. The molecule has 0 radical (unpaired) electrons. The van der Waals surface area contributed by atoms with Crippen molar-refractivity contribution in [1.29, 1.82) is 0 Å². The number of aromatic hydroxyl groups is 3. The summed E-state index contributed by atoms with van der Waals surface area (Å²) in [6.07, 6.45) is 7.03. The fourth-order valence-corrected chi connectivity index (χ4v) is 6.44. The molecule has 2 unspecified atom stereocenters. The zero-order chi connectivity index (χ0) is 19.7. The van der Waals surface area contributed by atoms with Crippen LogP contribution < -0.4 is 4.74 Å². The Bertz CT molecular complexity index is 967. The Kier molecular flexibility index (Phi) is 3.98. The largest absolute Gasteiger partial charge is 0.507 e. The second kappa shape index (κ2) is 6.11. The third-order valence-electron chi connectivity index (χ3n) is 7.17. The summed E-state index contributed by atoms with van der Waals surface area (Å²) in [6, 6.07) is 6.39. The molecule has 0 bridgehead atoms. The van der Waals surface area contributed by atoms with Crippen LogP contribution in [0.25, 0.3) is 0 Å². The highest BCUT2D eigenvalue weighted by Crippen LogP contribution is 2.66. The first kappa shape index (κ1) is 18.3. The number of ether oxygens (including phenoxy) is 1. The summed E-state index contributed by atoms with van der Waals surface area (Å²) in [5.74, 6) is 0.634. The molecule has 6 heteroatoms. The highest BCUT2D eigenvalue weighted by atomic mass is 35.5. The Morgan fingerprint density at radius 1 is 0.786 bits per heavy atom. The first-order chi connectivity index (χ1) is 13.4. The number of hydrogen-bond donors (Lipinski definition) is 3. The molecule has 2 aromatic carbocycles. The van der Waals surface area contributed by atoms with Crippen molar-refractivity contribution in [2.75, 3.05) is 0 Å². The van der Waals surface area contributed by atoms with E-state index in [-0.39, 0.29) is 33.6 Å². The Balaban J connectivity index is 1.78. The number of rotatable bonds is 1. The van der Waals surface area contributed by atoms with Gasteiger partial charge in [0.2, 0.25) is 0 Å². The summed E-state index contributed by atoms with van der Waals surface area (Å²) in [7, 11) is 0. The molecule has 3 aliphatic rings. The summed E-state index contributed by atoms with van der Waals surface area (Å²) in [5, 5.41) is 31.4. The van der Waals surface area contributed by atoms with E-state index < -0.39 is 5.60 Å². The first-order valence-corrected chi connectivity index (χ1v) is 10.6. The second-order valence-electron chi connectivity index (χ2n) is 8.42.